The van der Waals surface area contributed by atoms with E-state index >= 15 is 0 Å². The Kier molecular flexibility index (Phi) is 27.2. The maximum atomic E-state index is 12.3. The number of phosphoric ester groups is 1. The van der Waals surface area contributed by atoms with Crippen LogP contribution in [0.2, 0.25) is 0 Å². The van der Waals surface area contributed by atoms with Crippen LogP contribution in [0, 0.1) is 0 Å². The van der Waals surface area contributed by atoms with Gasteiger partial charge in [0.1, 0.15) is 25.5 Å². The first-order valence-electron chi connectivity index (χ1n) is 16.7. The molecule has 0 amide bonds. The van der Waals surface area contributed by atoms with E-state index < -0.39 is 13.9 Å². The van der Waals surface area contributed by atoms with Crippen molar-refractivity contribution < 1.29 is 42.1 Å². The fourth-order valence-electron chi connectivity index (χ4n) is 4.46. The summed E-state index contributed by atoms with van der Waals surface area (Å²) >= 11 is 0. The van der Waals surface area contributed by atoms with E-state index in [0.29, 0.717) is 43.5 Å². The topological polar surface area (TPSA) is 108 Å². The molecule has 0 saturated heterocycles. The molecule has 250 valence electrons. The quantitative estimate of drug-likeness (QED) is 0.0266. The lowest BCUT2D eigenvalue weighted by Crippen LogP contribution is -2.37. The number of esters is 1. The van der Waals surface area contributed by atoms with Crippen LogP contribution in [0.5, 0.6) is 0 Å². The van der Waals surface area contributed by atoms with Gasteiger partial charge in [-0.05, 0) is 19.3 Å². The van der Waals surface area contributed by atoms with E-state index in [-0.39, 0.29) is 25.6 Å². The molecule has 0 rings (SSSR count). The van der Waals surface area contributed by atoms with Crippen LogP contribution in [0.1, 0.15) is 135 Å². The van der Waals surface area contributed by atoms with Crippen LogP contribution in [0.3, 0.4) is 0 Å². The molecule has 1 N–H and O–H groups in total. The summed E-state index contributed by atoms with van der Waals surface area (Å²) in [4.78, 5) is 32.8. The summed E-state index contributed by atoms with van der Waals surface area (Å²) in [6.07, 6.45) is 21.7. The average molecular weight is 623 g/mol. The van der Waals surface area contributed by atoms with E-state index in [1.165, 1.54) is 77.0 Å². The molecule has 0 aliphatic rings. The summed E-state index contributed by atoms with van der Waals surface area (Å²) in [6.45, 7) is 3.66. The number of carbonyl (C=O) groups is 2. The van der Waals surface area contributed by atoms with Gasteiger partial charge in [0.15, 0.2) is 0 Å². The Morgan fingerprint density at radius 1 is 0.762 bits per heavy atom. The maximum Gasteiger partial charge on any atom is 0.472 e. The van der Waals surface area contributed by atoms with Gasteiger partial charge in [-0.3, -0.25) is 13.8 Å². The van der Waals surface area contributed by atoms with Crippen molar-refractivity contribution in [3.8, 4) is 0 Å². The predicted molar refractivity (Wildman–Crippen MR) is 169 cm³/mol. The average Bonchev–Trinajstić information content (AvgIpc) is 2.92. The van der Waals surface area contributed by atoms with E-state index in [1.807, 2.05) is 21.1 Å². The highest BCUT2D eigenvalue weighted by atomic mass is 31.2. The zero-order valence-electron chi connectivity index (χ0n) is 27.5. The number of hydrogen-bond donors (Lipinski definition) is 1. The third-order valence-corrected chi connectivity index (χ3v) is 8.15. The van der Waals surface area contributed by atoms with Gasteiger partial charge in [0.25, 0.3) is 0 Å². The van der Waals surface area contributed by atoms with Crippen molar-refractivity contribution in [2.75, 3.05) is 54.1 Å². The SMILES string of the molecule is CCCCCCCCCCCCCCCCOCCC(COP(=O)(O)OCC[N+](C)(C)C)OC(=O)CCCCCC=O. The molecule has 2 unspecified atom stereocenters. The normalized spacial score (nSPS) is 14.0. The number of ether oxygens (including phenoxy) is 2. The lowest BCUT2D eigenvalue weighted by atomic mass is 10.0. The first-order valence-corrected chi connectivity index (χ1v) is 18.2. The number of hydrogen-bond acceptors (Lipinski definition) is 7. The molecule has 2 atom stereocenters. The van der Waals surface area contributed by atoms with Crippen molar-refractivity contribution >= 4 is 20.1 Å². The molecule has 10 heteroatoms. The molecule has 0 aromatic carbocycles. The summed E-state index contributed by atoms with van der Waals surface area (Å²) in [6, 6.07) is 0. The largest absolute Gasteiger partial charge is 0.472 e. The van der Waals surface area contributed by atoms with Crippen molar-refractivity contribution in [3.63, 3.8) is 0 Å². The number of likely N-dealkylation sites (N-methyl/N-ethyl adjacent to an activating group) is 1. The van der Waals surface area contributed by atoms with Gasteiger partial charge < -0.3 is 23.6 Å². The molecule has 42 heavy (non-hydrogen) atoms. The number of unbranched alkanes of at least 4 members (excludes halogenated alkanes) is 16. The first-order chi connectivity index (χ1) is 20.1. The van der Waals surface area contributed by atoms with Crippen molar-refractivity contribution in [1.82, 2.24) is 0 Å². The number of nitrogens with zero attached hydrogens (tertiary/aromatic N) is 1. The molecular formula is C32H65NO8P+. The molecule has 0 aliphatic heterocycles. The van der Waals surface area contributed by atoms with Crippen molar-refractivity contribution in [2.24, 2.45) is 0 Å². The van der Waals surface area contributed by atoms with Crippen LogP contribution in [-0.2, 0) is 32.7 Å². The highest BCUT2D eigenvalue weighted by Crippen LogP contribution is 2.43. The Morgan fingerprint density at radius 3 is 1.86 bits per heavy atom. The summed E-state index contributed by atoms with van der Waals surface area (Å²) in [5.74, 6) is -0.389. The Morgan fingerprint density at radius 2 is 1.31 bits per heavy atom. The zero-order valence-corrected chi connectivity index (χ0v) is 28.4. The van der Waals surface area contributed by atoms with Crippen molar-refractivity contribution in [2.45, 2.75) is 141 Å². The molecule has 0 heterocycles. The minimum Gasteiger partial charge on any atom is -0.460 e. The fraction of sp³-hybridized carbons (Fsp3) is 0.938. The van der Waals surface area contributed by atoms with Gasteiger partial charge in [0.2, 0.25) is 0 Å². The zero-order chi connectivity index (χ0) is 31.4. The molecule has 0 fully saturated rings. The second kappa shape index (κ2) is 27.7. The van der Waals surface area contributed by atoms with Gasteiger partial charge in [-0.1, -0.05) is 96.8 Å². The van der Waals surface area contributed by atoms with E-state index in [0.717, 1.165) is 32.0 Å². The predicted octanol–water partition coefficient (Wildman–Crippen LogP) is 7.78. The maximum absolute atomic E-state index is 12.3. The number of carbonyl (C=O) groups excluding carboxylic acids is 2. The lowest BCUT2D eigenvalue weighted by Gasteiger charge is -2.24. The third-order valence-electron chi connectivity index (χ3n) is 7.17. The smallest absolute Gasteiger partial charge is 0.460 e. The van der Waals surface area contributed by atoms with Crippen LogP contribution in [-0.4, -0.2) is 81.9 Å². The second-order valence-electron chi connectivity index (χ2n) is 12.5. The van der Waals surface area contributed by atoms with Gasteiger partial charge >= 0.3 is 13.8 Å². The van der Waals surface area contributed by atoms with Gasteiger partial charge in [-0.25, -0.2) is 4.57 Å². The molecule has 0 radical (unpaired) electrons. The van der Waals surface area contributed by atoms with Crippen molar-refractivity contribution in [1.29, 1.82) is 0 Å². The highest BCUT2D eigenvalue weighted by molar-refractivity contribution is 7.47. The molecular weight excluding hydrogens is 557 g/mol. The van der Waals surface area contributed by atoms with Crippen LogP contribution < -0.4 is 0 Å². The Bertz CT molecular complexity index is 686. The molecule has 9 nitrogen and oxygen atoms in total. The van der Waals surface area contributed by atoms with Crippen LogP contribution >= 0.6 is 7.82 Å². The van der Waals surface area contributed by atoms with E-state index in [2.05, 4.69) is 6.92 Å². The van der Waals surface area contributed by atoms with Crippen LogP contribution in [0.25, 0.3) is 0 Å². The van der Waals surface area contributed by atoms with Crippen LogP contribution in [0.4, 0.5) is 0 Å². The Hall–Kier alpha value is -0.830. The second-order valence-corrected chi connectivity index (χ2v) is 13.9. The lowest BCUT2D eigenvalue weighted by molar-refractivity contribution is -0.870. The molecule has 0 aromatic rings. The molecule has 0 saturated carbocycles. The molecule has 0 aromatic heterocycles. The van der Waals surface area contributed by atoms with Crippen molar-refractivity contribution in [3.05, 3.63) is 0 Å². The number of phosphoric acid groups is 1. The Labute approximate surface area is 257 Å². The van der Waals surface area contributed by atoms with E-state index in [4.69, 9.17) is 18.5 Å². The third kappa shape index (κ3) is 30.6. The van der Waals surface area contributed by atoms with Gasteiger partial charge in [0.05, 0.1) is 34.4 Å². The minimum absolute atomic E-state index is 0.0742. The van der Waals surface area contributed by atoms with Crippen LogP contribution in [0.15, 0.2) is 0 Å². The molecule has 0 spiro atoms. The van der Waals surface area contributed by atoms with Gasteiger partial charge in [0, 0.05) is 25.9 Å². The molecule has 0 bridgehead atoms. The molecule has 0 aliphatic carbocycles. The summed E-state index contributed by atoms with van der Waals surface area (Å²) in [5.41, 5.74) is 0. The first kappa shape index (κ1) is 41.2. The monoisotopic (exact) mass is 622 g/mol. The van der Waals surface area contributed by atoms with Gasteiger partial charge in [-0.2, -0.15) is 0 Å². The number of aldehydes is 1. The number of rotatable bonds is 32. The number of quaternary nitrogens is 1. The standard InChI is InChI=1S/C32H64NO8P/c1-5-6-7-8-9-10-11-12-13-14-15-16-19-22-27-38-28-24-31(41-32(35)23-20-17-18-21-26-34)30-40-42(36,37)39-29-25-33(2,3)4/h26,31H,5-25,27-30H2,1-4H3/p+1. The van der Waals surface area contributed by atoms with E-state index in [9.17, 15) is 19.0 Å². The summed E-state index contributed by atoms with van der Waals surface area (Å²) in [5, 5.41) is 0. The van der Waals surface area contributed by atoms with Gasteiger partial charge in [-0.15, -0.1) is 0 Å². The highest BCUT2D eigenvalue weighted by Gasteiger charge is 2.26. The summed E-state index contributed by atoms with van der Waals surface area (Å²) < 4.78 is 34.4. The Balaban J connectivity index is 4.15. The minimum atomic E-state index is -4.26. The summed E-state index contributed by atoms with van der Waals surface area (Å²) in [7, 11) is 1.61. The fourth-order valence-corrected chi connectivity index (χ4v) is 5.20. The van der Waals surface area contributed by atoms with E-state index in [1.54, 1.807) is 0 Å².